The lowest BCUT2D eigenvalue weighted by molar-refractivity contribution is -0.137. The predicted molar refractivity (Wildman–Crippen MR) is 64.3 cm³/mol. The SMILES string of the molecule is O=C(O)CCCS(=O)(=O)NCCC1CCNC1. The van der Waals surface area contributed by atoms with Gasteiger partial charge in [0, 0.05) is 13.0 Å². The van der Waals surface area contributed by atoms with Crippen LogP contribution in [0.3, 0.4) is 0 Å². The van der Waals surface area contributed by atoms with Crippen molar-refractivity contribution in [1.29, 1.82) is 0 Å². The molecule has 1 fully saturated rings. The second-order valence-corrected chi connectivity index (χ2v) is 6.28. The molecule has 0 aromatic heterocycles. The highest BCUT2D eigenvalue weighted by atomic mass is 32.2. The molecule has 1 unspecified atom stereocenters. The molecule has 0 amide bonds. The van der Waals surface area contributed by atoms with E-state index in [1.54, 1.807) is 0 Å². The smallest absolute Gasteiger partial charge is 0.303 e. The molecular formula is C10H20N2O4S. The zero-order chi connectivity index (χ0) is 12.7. The van der Waals surface area contributed by atoms with Crippen molar-refractivity contribution in [2.24, 2.45) is 5.92 Å². The summed E-state index contributed by atoms with van der Waals surface area (Å²) in [5.74, 6) is -0.517. The number of hydrogen-bond acceptors (Lipinski definition) is 4. The summed E-state index contributed by atoms with van der Waals surface area (Å²) in [5.41, 5.74) is 0. The molecule has 6 nitrogen and oxygen atoms in total. The third kappa shape index (κ3) is 6.60. The molecule has 1 saturated heterocycles. The summed E-state index contributed by atoms with van der Waals surface area (Å²) in [6.45, 7) is 2.42. The minimum absolute atomic E-state index is 0.104. The van der Waals surface area contributed by atoms with Crippen LogP contribution in [-0.4, -0.2) is 44.9 Å². The quantitative estimate of drug-likeness (QED) is 0.563. The number of carbonyl (C=O) groups is 1. The van der Waals surface area contributed by atoms with Crippen LogP contribution in [0.5, 0.6) is 0 Å². The lowest BCUT2D eigenvalue weighted by atomic mass is 10.1. The van der Waals surface area contributed by atoms with Crippen LogP contribution in [0, 0.1) is 5.92 Å². The van der Waals surface area contributed by atoms with Gasteiger partial charge < -0.3 is 10.4 Å². The van der Waals surface area contributed by atoms with Crippen molar-refractivity contribution < 1.29 is 18.3 Å². The highest BCUT2D eigenvalue weighted by molar-refractivity contribution is 7.89. The minimum Gasteiger partial charge on any atom is -0.481 e. The molecule has 1 heterocycles. The van der Waals surface area contributed by atoms with Crippen molar-refractivity contribution in [2.75, 3.05) is 25.4 Å². The summed E-state index contributed by atoms with van der Waals surface area (Å²) >= 11 is 0. The van der Waals surface area contributed by atoms with Crippen molar-refractivity contribution in [3.05, 3.63) is 0 Å². The third-order valence-electron chi connectivity index (χ3n) is 2.84. The van der Waals surface area contributed by atoms with Crippen LogP contribution >= 0.6 is 0 Å². The van der Waals surface area contributed by atoms with E-state index in [1.807, 2.05) is 0 Å². The van der Waals surface area contributed by atoms with Gasteiger partial charge in [-0.05, 0) is 38.3 Å². The van der Waals surface area contributed by atoms with Crippen molar-refractivity contribution >= 4 is 16.0 Å². The normalized spacial score (nSPS) is 20.6. The second kappa shape index (κ2) is 6.93. The minimum atomic E-state index is -3.30. The highest BCUT2D eigenvalue weighted by Gasteiger charge is 2.16. The fourth-order valence-corrected chi connectivity index (χ4v) is 2.96. The summed E-state index contributed by atoms with van der Waals surface area (Å²) in [7, 11) is -3.30. The molecule has 1 atom stereocenters. The van der Waals surface area contributed by atoms with Crippen LogP contribution in [0.2, 0.25) is 0 Å². The van der Waals surface area contributed by atoms with Gasteiger partial charge in [0.25, 0.3) is 0 Å². The maximum atomic E-state index is 11.5. The van der Waals surface area contributed by atoms with Gasteiger partial charge in [-0.25, -0.2) is 13.1 Å². The molecule has 1 aliphatic heterocycles. The van der Waals surface area contributed by atoms with E-state index >= 15 is 0 Å². The third-order valence-corrected chi connectivity index (χ3v) is 4.31. The summed E-state index contributed by atoms with van der Waals surface area (Å²) in [6.07, 6.45) is 2.00. The van der Waals surface area contributed by atoms with Gasteiger partial charge in [-0.2, -0.15) is 0 Å². The molecule has 0 spiro atoms. The molecular weight excluding hydrogens is 244 g/mol. The van der Waals surface area contributed by atoms with Gasteiger partial charge in [0.1, 0.15) is 0 Å². The van der Waals surface area contributed by atoms with E-state index in [4.69, 9.17) is 5.11 Å². The van der Waals surface area contributed by atoms with E-state index in [0.29, 0.717) is 12.5 Å². The van der Waals surface area contributed by atoms with Crippen LogP contribution < -0.4 is 10.0 Å². The van der Waals surface area contributed by atoms with E-state index in [9.17, 15) is 13.2 Å². The van der Waals surface area contributed by atoms with E-state index in [1.165, 1.54) is 0 Å². The van der Waals surface area contributed by atoms with Crippen molar-refractivity contribution in [3.8, 4) is 0 Å². The number of carboxylic acid groups (broad SMARTS) is 1. The second-order valence-electron chi connectivity index (χ2n) is 4.36. The number of sulfonamides is 1. The van der Waals surface area contributed by atoms with Gasteiger partial charge in [-0.1, -0.05) is 0 Å². The van der Waals surface area contributed by atoms with Crippen molar-refractivity contribution in [3.63, 3.8) is 0 Å². The Labute approximate surface area is 102 Å². The molecule has 1 rings (SSSR count). The first kappa shape index (κ1) is 14.4. The predicted octanol–water partition coefficient (Wildman–Crippen LogP) is -0.230. The zero-order valence-electron chi connectivity index (χ0n) is 9.81. The Morgan fingerprint density at radius 1 is 1.47 bits per heavy atom. The Bertz CT molecular complexity index is 336. The molecule has 1 aliphatic rings. The van der Waals surface area contributed by atoms with Gasteiger partial charge in [0.15, 0.2) is 0 Å². The zero-order valence-corrected chi connectivity index (χ0v) is 10.6. The summed E-state index contributed by atoms with van der Waals surface area (Å²) in [4.78, 5) is 10.3. The van der Waals surface area contributed by atoms with Crippen LogP contribution in [0.1, 0.15) is 25.7 Å². The molecule has 3 N–H and O–H groups in total. The summed E-state index contributed by atoms with van der Waals surface area (Å²) < 4.78 is 25.4. The molecule has 0 radical (unpaired) electrons. The Morgan fingerprint density at radius 2 is 2.24 bits per heavy atom. The van der Waals surface area contributed by atoms with E-state index in [0.717, 1.165) is 25.9 Å². The largest absolute Gasteiger partial charge is 0.481 e. The highest BCUT2D eigenvalue weighted by Crippen LogP contribution is 2.11. The molecule has 7 heteroatoms. The fraction of sp³-hybridized carbons (Fsp3) is 0.900. The first-order valence-corrected chi connectivity index (χ1v) is 7.55. The van der Waals surface area contributed by atoms with Crippen molar-refractivity contribution in [2.45, 2.75) is 25.7 Å². The van der Waals surface area contributed by atoms with E-state index in [-0.39, 0.29) is 18.6 Å². The first-order valence-electron chi connectivity index (χ1n) is 5.89. The van der Waals surface area contributed by atoms with Gasteiger partial charge in [0.05, 0.1) is 5.75 Å². The Morgan fingerprint density at radius 3 is 2.82 bits per heavy atom. The lowest BCUT2D eigenvalue weighted by Gasteiger charge is -2.09. The van der Waals surface area contributed by atoms with Gasteiger partial charge >= 0.3 is 5.97 Å². The monoisotopic (exact) mass is 264 g/mol. The van der Waals surface area contributed by atoms with Crippen LogP contribution in [-0.2, 0) is 14.8 Å². The topological polar surface area (TPSA) is 95.5 Å². The average molecular weight is 264 g/mol. The van der Waals surface area contributed by atoms with Gasteiger partial charge in [0.2, 0.25) is 10.0 Å². The lowest BCUT2D eigenvalue weighted by Crippen LogP contribution is -2.29. The number of carboxylic acids is 1. The van der Waals surface area contributed by atoms with Gasteiger partial charge in [-0.3, -0.25) is 4.79 Å². The molecule has 0 aromatic carbocycles. The molecule has 100 valence electrons. The number of hydrogen-bond donors (Lipinski definition) is 3. The molecule has 0 bridgehead atoms. The number of nitrogens with one attached hydrogen (secondary N) is 2. The maximum absolute atomic E-state index is 11.5. The molecule has 0 saturated carbocycles. The number of aliphatic carboxylic acids is 1. The molecule has 0 aromatic rings. The first-order chi connectivity index (χ1) is 7.99. The Balaban J connectivity index is 2.13. The van der Waals surface area contributed by atoms with Crippen LogP contribution in [0.15, 0.2) is 0 Å². The number of rotatable bonds is 8. The van der Waals surface area contributed by atoms with Gasteiger partial charge in [-0.15, -0.1) is 0 Å². The Kier molecular flexibility index (Phi) is 5.87. The maximum Gasteiger partial charge on any atom is 0.303 e. The summed E-state index contributed by atoms with van der Waals surface area (Å²) in [5, 5.41) is 11.6. The van der Waals surface area contributed by atoms with E-state index < -0.39 is 16.0 Å². The average Bonchev–Trinajstić information content (AvgIpc) is 2.69. The fourth-order valence-electron chi connectivity index (χ4n) is 1.86. The van der Waals surface area contributed by atoms with Crippen molar-refractivity contribution in [1.82, 2.24) is 10.0 Å². The van der Waals surface area contributed by atoms with Crippen LogP contribution in [0.25, 0.3) is 0 Å². The summed E-state index contributed by atoms with van der Waals surface area (Å²) in [6, 6.07) is 0. The van der Waals surface area contributed by atoms with Crippen LogP contribution in [0.4, 0.5) is 0 Å². The molecule has 17 heavy (non-hydrogen) atoms. The van der Waals surface area contributed by atoms with E-state index in [2.05, 4.69) is 10.0 Å². The Hall–Kier alpha value is -0.660. The molecule has 0 aliphatic carbocycles. The standard InChI is InChI=1S/C10H20N2O4S/c13-10(14)2-1-7-17(15,16)12-6-4-9-3-5-11-8-9/h9,11-12H,1-8H2,(H,13,14).